The third-order valence-electron chi connectivity index (χ3n) is 1.43. The minimum Gasteiger partial charge on any atom is -0.376 e. The van der Waals surface area contributed by atoms with Gasteiger partial charge < -0.3 is 4.90 Å². The second-order valence-corrected chi connectivity index (χ2v) is 6.36. The summed E-state index contributed by atoms with van der Waals surface area (Å²) in [5, 5.41) is 0. The van der Waals surface area contributed by atoms with E-state index >= 15 is 0 Å². The Hall–Kier alpha value is -0.0200. The van der Waals surface area contributed by atoms with Gasteiger partial charge in [0.15, 0.2) is 0 Å². The molecule has 0 saturated heterocycles. The van der Waals surface area contributed by atoms with Crippen molar-refractivity contribution in [2.75, 3.05) is 19.0 Å². The fourth-order valence-electron chi connectivity index (χ4n) is 0.953. The molecule has 12 heavy (non-hydrogen) atoms. The molecule has 0 unspecified atom stereocenters. The van der Waals surface area contributed by atoms with Crippen molar-refractivity contribution in [3.63, 3.8) is 0 Å². The number of rotatable bonds is 2. The molecular weight excluding hydrogens is 186 g/mol. The largest absolute Gasteiger partial charge is 0.376 e. The van der Waals surface area contributed by atoms with Crippen molar-refractivity contribution in [2.45, 2.75) is 30.4 Å². The predicted molar refractivity (Wildman–Crippen MR) is 59.6 cm³/mol. The molecule has 0 aliphatic rings. The number of hydrogen-bond donors (Lipinski definition) is 0. The van der Waals surface area contributed by atoms with Gasteiger partial charge in [-0.25, -0.2) is 0 Å². The number of nitrogens with zero attached hydrogens (tertiary/aromatic N) is 1. The first-order chi connectivity index (χ1) is 5.33. The van der Waals surface area contributed by atoms with Gasteiger partial charge in [0.1, 0.15) is 0 Å². The van der Waals surface area contributed by atoms with E-state index in [-0.39, 0.29) is 4.75 Å². The molecule has 0 saturated carbocycles. The Kier molecular flexibility index (Phi) is 2.55. The summed E-state index contributed by atoms with van der Waals surface area (Å²) in [5.41, 5.74) is 1.25. The van der Waals surface area contributed by atoms with Crippen molar-refractivity contribution in [3.05, 3.63) is 4.51 Å². The lowest BCUT2D eigenvalue weighted by molar-refractivity contribution is 0.804. The SMILES string of the molecule is CN(C)c1c(SC(C)(C)C)c1=S. The van der Waals surface area contributed by atoms with E-state index in [2.05, 4.69) is 25.7 Å². The van der Waals surface area contributed by atoms with Gasteiger partial charge in [-0.05, 0) is 0 Å². The zero-order valence-electron chi connectivity index (χ0n) is 8.26. The predicted octanol–water partition coefficient (Wildman–Crippen LogP) is 3.25. The molecule has 0 amide bonds. The first-order valence-corrected chi connectivity index (χ1v) is 5.21. The minimum atomic E-state index is 0.275. The maximum atomic E-state index is 5.20. The Morgan fingerprint density at radius 1 is 1.25 bits per heavy atom. The summed E-state index contributed by atoms with van der Waals surface area (Å²) in [4.78, 5) is 3.40. The summed E-state index contributed by atoms with van der Waals surface area (Å²) in [6, 6.07) is 0. The summed E-state index contributed by atoms with van der Waals surface area (Å²) in [6.07, 6.45) is 0. The Labute approximate surface area is 83.8 Å². The molecule has 1 rings (SSSR count). The number of thioether (sulfide) groups is 1. The average molecular weight is 201 g/mol. The third kappa shape index (κ3) is 2.23. The first-order valence-electron chi connectivity index (χ1n) is 3.98. The van der Waals surface area contributed by atoms with E-state index in [0.29, 0.717) is 0 Å². The zero-order chi connectivity index (χ0) is 9.52. The molecule has 0 aliphatic heterocycles. The van der Waals surface area contributed by atoms with Crippen LogP contribution in [0.15, 0.2) is 4.90 Å². The topological polar surface area (TPSA) is 3.24 Å². The van der Waals surface area contributed by atoms with Gasteiger partial charge in [-0.2, -0.15) is 0 Å². The van der Waals surface area contributed by atoms with E-state index in [0.717, 1.165) is 4.51 Å². The van der Waals surface area contributed by atoms with Crippen LogP contribution in [0.3, 0.4) is 0 Å². The zero-order valence-corrected chi connectivity index (χ0v) is 9.90. The van der Waals surface area contributed by atoms with Gasteiger partial charge in [0, 0.05) is 18.8 Å². The van der Waals surface area contributed by atoms with Crippen molar-refractivity contribution in [1.29, 1.82) is 0 Å². The van der Waals surface area contributed by atoms with Crippen LogP contribution < -0.4 is 4.90 Å². The van der Waals surface area contributed by atoms with Gasteiger partial charge in [-0.3, -0.25) is 0 Å². The lowest BCUT2D eigenvalue weighted by Gasteiger charge is -2.14. The van der Waals surface area contributed by atoms with Gasteiger partial charge >= 0.3 is 0 Å². The van der Waals surface area contributed by atoms with Crippen molar-refractivity contribution >= 4 is 29.7 Å². The standard InChI is InChI=1S/C9H15NS2/c1-9(2,3)12-8-6(7(8)11)10(4)5/h1-5H3. The van der Waals surface area contributed by atoms with Crippen molar-refractivity contribution < 1.29 is 0 Å². The molecule has 0 radical (unpaired) electrons. The van der Waals surface area contributed by atoms with Crippen LogP contribution in [0.5, 0.6) is 0 Å². The molecule has 0 fully saturated rings. The van der Waals surface area contributed by atoms with E-state index in [9.17, 15) is 0 Å². The van der Waals surface area contributed by atoms with Crippen LogP contribution in [-0.4, -0.2) is 18.8 Å². The minimum absolute atomic E-state index is 0.275. The van der Waals surface area contributed by atoms with Crippen molar-refractivity contribution in [1.82, 2.24) is 0 Å². The molecule has 0 aromatic heterocycles. The summed E-state index contributed by atoms with van der Waals surface area (Å²) >= 11 is 7.06. The molecule has 68 valence electrons. The molecular formula is C9H15NS2. The van der Waals surface area contributed by atoms with Crippen LogP contribution in [0, 0.1) is 4.51 Å². The Morgan fingerprint density at radius 3 is 2.00 bits per heavy atom. The highest BCUT2D eigenvalue weighted by atomic mass is 32.2. The second-order valence-electron chi connectivity index (χ2n) is 4.12. The fourth-order valence-corrected chi connectivity index (χ4v) is 2.60. The van der Waals surface area contributed by atoms with E-state index in [1.807, 2.05) is 25.9 Å². The smallest absolute Gasteiger partial charge is 0.0780 e. The molecule has 3 heteroatoms. The van der Waals surface area contributed by atoms with Gasteiger partial charge in [-0.1, -0.05) is 33.0 Å². The van der Waals surface area contributed by atoms with Crippen LogP contribution in [0.25, 0.3) is 0 Å². The summed E-state index contributed by atoms with van der Waals surface area (Å²) < 4.78 is 1.33. The highest BCUT2D eigenvalue weighted by molar-refractivity contribution is 8.01. The summed E-state index contributed by atoms with van der Waals surface area (Å²) in [7, 11) is 4.08. The molecule has 1 aromatic rings. The van der Waals surface area contributed by atoms with Crippen LogP contribution in [0.2, 0.25) is 0 Å². The Balaban J connectivity index is 2.67. The lowest BCUT2D eigenvalue weighted by Crippen LogP contribution is -2.07. The van der Waals surface area contributed by atoms with Gasteiger partial charge in [-0.15, -0.1) is 11.8 Å². The first kappa shape index (κ1) is 10.1. The second kappa shape index (κ2) is 3.04. The number of anilines is 1. The summed E-state index contributed by atoms with van der Waals surface area (Å²) in [6.45, 7) is 6.62. The van der Waals surface area contributed by atoms with E-state index in [1.54, 1.807) is 0 Å². The molecule has 0 bridgehead atoms. The van der Waals surface area contributed by atoms with Crippen LogP contribution in [0.4, 0.5) is 5.69 Å². The van der Waals surface area contributed by atoms with Gasteiger partial charge in [0.05, 0.1) is 15.1 Å². The molecule has 1 nitrogen and oxygen atoms in total. The molecule has 0 heterocycles. The molecule has 0 spiro atoms. The molecule has 1 aromatic carbocycles. The highest BCUT2D eigenvalue weighted by Crippen LogP contribution is 2.47. The average Bonchev–Trinajstić information content (AvgIpc) is 2.37. The van der Waals surface area contributed by atoms with Crippen LogP contribution in [0.1, 0.15) is 20.8 Å². The van der Waals surface area contributed by atoms with Crippen LogP contribution >= 0.6 is 24.0 Å². The lowest BCUT2D eigenvalue weighted by atomic mass is 10.3. The van der Waals surface area contributed by atoms with Gasteiger partial charge in [0.25, 0.3) is 0 Å². The van der Waals surface area contributed by atoms with E-state index in [1.165, 1.54) is 10.6 Å². The maximum Gasteiger partial charge on any atom is 0.0780 e. The molecule has 0 aliphatic carbocycles. The fraction of sp³-hybridized carbons (Fsp3) is 0.667. The van der Waals surface area contributed by atoms with E-state index < -0.39 is 0 Å². The van der Waals surface area contributed by atoms with E-state index in [4.69, 9.17) is 12.2 Å². The maximum absolute atomic E-state index is 5.20. The quantitative estimate of drug-likeness (QED) is 0.534. The Morgan fingerprint density at radius 2 is 1.75 bits per heavy atom. The number of hydrogen-bond acceptors (Lipinski definition) is 3. The normalized spacial score (nSPS) is 12.4. The van der Waals surface area contributed by atoms with Gasteiger partial charge in [0.2, 0.25) is 0 Å². The Bertz CT molecular complexity index is 287. The van der Waals surface area contributed by atoms with Crippen LogP contribution in [-0.2, 0) is 0 Å². The molecule has 0 N–H and O–H groups in total. The summed E-state index contributed by atoms with van der Waals surface area (Å²) in [5.74, 6) is 0. The highest BCUT2D eigenvalue weighted by Gasteiger charge is 2.25. The van der Waals surface area contributed by atoms with Crippen molar-refractivity contribution in [3.8, 4) is 0 Å². The monoisotopic (exact) mass is 201 g/mol. The molecule has 0 atom stereocenters. The third-order valence-corrected chi connectivity index (χ3v) is 3.17. The van der Waals surface area contributed by atoms with Crippen molar-refractivity contribution in [2.24, 2.45) is 0 Å².